The second-order valence-corrected chi connectivity index (χ2v) is 6.14. The van der Waals surface area contributed by atoms with Crippen LogP contribution in [0.15, 0.2) is 18.6 Å². The minimum absolute atomic E-state index is 0.0335. The van der Waals surface area contributed by atoms with Gasteiger partial charge < -0.3 is 14.8 Å². The van der Waals surface area contributed by atoms with E-state index in [-0.39, 0.29) is 11.8 Å². The third-order valence-corrected chi connectivity index (χ3v) is 4.70. The molecule has 134 valence electrons. The van der Waals surface area contributed by atoms with Gasteiger partial charge in [-0.1, -0.05) is 13.8 Å². The summed E-state index contributed by atoms with van der Waals surface area (Å²) in [6.07, 6.45) is 6.66. The van der Waals surface area contributed by atoms with E-state index in [2.05, 4.69) is 44.2 Å². The lowest BCUT2D eigenvalue weighted by atomic mass is 9.98. The molecule has 8 nitrogen and oxygen atoms in total. The van der Waals surface area contributed by atoms with Gasteiger partial charge in [-0.3, -0.25) is 9.78 Å². The van der Waals surface area contributed by atoms with Crippen LogP contribution < -0.4 is 5.32 Å². The van der Waals surface area contributed by atoms with Crippen molar-refractivity contribution in [2.45, 2.75) is 39.2 Å². The number of amides is 1. The quantitative estimate of drug-likeness (QED) is 0.809. The number of rotatable bonds is 7. The highest BCUT2D eigenvalue weighted by Gasteiger charge is 2.31. The SMILES string of the molecule is CCN(CC)CCNC(=O)C1CCCn2c(-c3cnccn3)nnc21. The Bertz CT molecular complexity index is 696. The molecule has 0 saturated heterocycles. The molecule has 0 bridgehead atoms. The molecule has 2 aromatic rings. The minimum Gasteiger partial charge on any atom is -0.354 e. The van der Waals surface area contributed by atoms with Crippen molar-refractivity contribution in [3.8, 4) is 11.5 Å². The Morgan fingerprint density at radius 3 is 2.88 bits per heavy atom. The van der Waals surface area contributed by atoms with Gasteiger partial charge in [0, 0.05) is 32.0 Å². The van der Waals surface area contributed by atoms with Crippen LogP contribution in [0.25, 0.3) is 11.5 Å². The average Bonchev–Trinajstić information content (AvgIpc) is 3.10. The summed E-state index contributed by atoms with van der Waals surface area (Å²) >= 11 is 0. The molecular weight excluding hydrogens is 318 g/mol. The first-order valence-corrected chi connectivity index (χ1v) is 8.94. The van der Waals surface area contributed by atoms with Crippen LogP contribution in [0.3, 0.4) is 0 Å². The number of carbonyl (C=O) groups is 1. The summed E-state index contributed by atoms with van der Waals surface area (Å²) in [5.74, 6) is 1.20. The van der Waals surface area contributed by atoms with Gasteiger partial charge in [0.2, 0.25) is 5.91 Å². The Hall–Kier alpha value is -2.35. The number of hydrogen-bond donors (Lipinski definition) is 1. The predicted molar refractivity (Wildman–Crippen MR) is 93.8 cm³/mol. The molecule has 1 unspecified atom stereocenters. The van der Waals surface area contributed by atoms with Crippen molar-refractivity contribution in [2.24, 2.45) is 0 Å². The largest absolute Gasteiger partial charge is 0.354 e. The molecule has 0 fully saturated rings. The lowest BCUT2D eigenvalue weighted by Gasteiger charge is -2.24. The second-order valence-electron chi connectivity index (χ2n) is 6.14. The Kier molecular flexibility index (Phi) is 5.70. The normalized spacial score (nSPS) is 16.7. The molecule has 0 saturated carbocycles. The third-order valence-electron chi connectivity index (χ3n) is 4.70. The fraction of sp³-hybridized carbons (Fsp3) is 0.588. The standard InChI is InChI=1S/C17H25N7O/c1-3-23(4-2)11-9-20-17(25)13-6-5-10-24-15(13)21-22-16(24)14-12-18-7-8-19-14/h7-8,12-13H,3-6,9-11H2,1-2H3,(H,20,25). The van der Waals surface area contributed by atoms with Gasteiger partial charge in [0.15, 0.2) is 5.82 Å². The summed E-state index contributed by atoms with van der Waals surface area (Å²) in [4.78, 5) is 23.3. The van der Waals surface area contributed by atoms with Crippen molar-refractivity contribution in [3.05, 3.63) is 24.4 Å². The van der Waals surface area contributed by atoms with Crippen LogP contribution in [-0.2, 0) is 11.3 Å². The van der Waals surface area contributed by atoms with Crippen LogP contribution in [0.5, 0.6) is 0 Å². The predicted octanol–water partition coefficient (Wildman–Crippen LogP) is 1.07. The molecular formula is C17H25N7O. The van der Waals surface area contributed by atoms with Gasteiger partial charge in [0.25, 0.3) is 0 Å². The van der Waals surface area contributed by atoms with E-state index < -0.39 is 0 Å². The Balaban J connectivity index is 1.70. The average molecular weight is 343 g/mol. The van der Waals surface area contributed by atoms with E-state index in [4.69, 9.17) is 0 Å². The number of fused-ring (bicyclic) bond motifs is 1. The number of nitrogens with zero attached hydrogens (tertiary/aromatic N) is 6. The fourth-order valence-corrected chi connectivity index (χ4v) is 3.23. The van der Waals surface area contributed by atoms with E-state index in [1.807, 2.05) is 4.57 Å². The van der Waals surface area contributed by atoms with E-state index in [0.717, 1.165) is 44.8 Å². The lowest BCUT2D eigenvalue weighted by molar-refractivity contribution is -0.123. The maximum atomic E-state index is 12.6. The van der Waals surface area contributed by atoms with Crippen LogP contribution in [0, 0.1) is 0 Å². The summed E-state index contributed by atoms with van der Waals surface area (Å²) in [6.45, 7) is 8.56. The first kappa shape index (κ1) is 17.5. The van der Waals surface area contributed by atoms with Gasteiger partial charge in [0.05, 0.1) is 12.1 Å². The summed E-state index contributed by atoms with van der Waals surface area (Å²) in [5.41, 5.74) is 0.684. The molecule has 0 spiro atoms. The highest BCUT2D eigenvalue weighted by atomic mass is 16.1. The van der Waals surface area contributed by atoms with Crippen molar-refractivity contribution in [1.82, 2.24) is 34.9 Å². The first-order valence-electron chi connectivity index (χ1n) is 8.94. The van der Waals surface area contributed by atoms with Crippen LogP contribution in [0.2, 0.25) is 0 Å². The second kappa shape index (κ2) is 8.15. The van der Waals surface area contributed by atoms with Crippen molar-refractivity contribution < 1.29 is 4.79 Å². The topological polar surface area (TPSA) is 88.8 Å². The fourth-order valence-electron chi connectivity index (χ4n) is 3.23. The summed E-state index contributed by atoms with van der Waals surface area (Å²) in [5, 5.41) is 11.6. The van der Waals surface area contributed by atoms with Crippen LogP contribution >= 0.6 is 0 Å². The van der Waals surface area contributed by atoms with Gasteiger partial charge >= 0.3 is 0 Å². The molecule has 1 amide bonds. The van der Waals surface area contributed by atoms with Crippen molar-refractivity contribution in [3.63, 3.8) is 0 Å². The molecule has 8 heteroatoms. The van der Waals surface area contributed by atoms with Gasteiger partial charge in [-0.15, -0.1) is 10.2 Å². The smallest absolute Gasteiger partial charge is 0.230 e. The van der Waals surface area contributed by atoms with E-state index in [0.29, 0.717) is 18.1 Å². The summed E-state index contributed by atoms with van der Waals surface area (Å²) in [7, 11) is 0. The molecule has 3 rings (SSSR count). The Labute approximate surface area is 147 Å². The minimum atomic E-state index is -0.247. The van der Waals surface area contributed by atoms with E-state index in [1.54, 1.807) is 18.6 Å². The molecule has 0 aliphatic carbocycles. The first-order chi connectivity index (χ1) is 12.2. The number of carbonyl (C=O) groups excluding carboxylic acids is 1. The third kappa shape index (κ3) is 3.84. The highest BCUT2D eigenvalue weighted by molar-refractivity contribution is 5.83. The maximum absolute atomic E-state index is 12.6. The lowest BCUT2D eigenvalue weighted by Crippen LogP contribution is -2.38. The zero-order chi connectivity index (χ0) is 17.6. The van der Waals surface area contributed by atoms with Crippen molar-refractivity contribution in [1.29, 1.82) is 0 Å². The molecule has 1 aliphatic heterocycles. The van der Waals surface area contributed by atoms with Crippen molar-refractivity contribution >= 4 is 5.91 Å². The van der Waals surface area contributed by atoms with E-state index in [1.165, 1.54) is 0 Å². The highest BCUT2D eigenvalue weighted by Crippen LogP contribution is 2.29. The van der Waals surface area contributed by atoms with Gasteiger partial charge in [-0.05, 0) is 25.9 Å². The van der Waals surface area contributed by atoms with Crippen LogP contribution in [0.1, 0.15) is 38.4 Å². The van der Waals surface area contributed by atoms with Gasteiger partial charge in [-0.25, -0.2) is 4.98 Å². The van der Waals surface area contributed by atoms with Gasteiger partial charge in [0.1, 0.15) is 11.5 Å². The molecule has 3 heterocycles. The summed E-state index contributed by atoms with van der Waals surface area (Å²) < 4.78 is 2.00. The number of aromatic nitrogens is 5. The molecule has 2 aromatic heterocycles. The van der Waals surface area contributed by atoms with E-state index in [9.17, 15) is 4.79 Å². The van der Waals surface area contributed by atoms with Crippen molar-refractivity contribution in [2.75, 3.05) is 26.2 Å². The van der Waals surface area contributed by atoms with Crippen LogP contribution in [-0.4, -0.2) is 61.7 Å². The van der Waals surface area contributed by atoms with E-state index >= 15 is 0 Å². The molecule has 0 radical (unpaired) electrons. The Morgan fingerprint density at radius 2 is 2.16 bits per heavy atom. The zero-order valence-corrected chi connectivity index (χ0v) is 14.9. The Morgan fingerprint density at radius 1 is 1.32 bits per heavy atom. The number of likely N-dealkylation sites (N-methyl/N-ethyl adjacent to an activating group) is 1. The molecule has 0 aromatic carbocycles. The maximum Gasteiger partial charge on any atom is 0.230 e. The van der Waals surface area contributed by atoms with Crippen LogP contribution in [0.4, 0.5) is 0 Å². The molecule has 1 aliphatic rings. The molecule has 1 N–H and O–H groups in total. The molecule has 25 heavy (non-hydrogen) atoms. The zero-order valence-electron chi connectivity index (χ0n) is 14.9. The van der Waals surface area contributed by atoms with Gasteiger partial charge in [-0.2, -0.15) is 0 Å². The summed E-state index contributed by atoms with van der Waals surface area (Å²) in [6, 6.07) is 0. The number of hydrogen-bond acceptors (Lipinski definition) is 6. The number of nitrogens with one attached hydrogen (secondary N) is 1. The monoisotopic (exact) mass is 343 g/mol. The molecule has 1 atom stereocenters.